The Morgan fingerprint density at radius 3 is 2.67 bits per heavy atom. The lowest BCUT2D eigenvalue weighted by Crippen LogP contribution is -2.47. The number of ether oxygens (including phenoxy) is 1. The Morgan fingerprint density at radius 2 is 2.04 bits per heavy atom. The smallest absolute Gasteiger partial charge is 0.259 e. The van der Waals surface area contributed by atoms with Gasteiger partial charge in [-0.2, -0.15) is 0 Å². The molecule has 0 radical (unpaired) electrons. The van der Waals surface area contributed by atoms with E-state index in [1.807, 2.05) is 11.8 Å². The minimum atomic E-state index is -3.05. The number of sulfone groups is 1. The van der Waals surface area contributed by atoms with E-state index in [9.17, 15) is 13.2 Å². The summed E-state index contributed by atoms with van der Waals surface area (Å²) in [6.07, 6.45) is 6.16. The van der Waals surface area contributed by atoms with Crippen molar-refractivity contribution in [2.24, 2.45) is 0 Å². The number of hydrogen-bond donors (Lipinski definition) is 0. The van der Waals surface area contributed by atoms with E-state index in [-0.39, 0.29) is 29.5 Å². The van der Waals surface area contributed by atoms with Crippen LogP contribution in [-0.2, 0) is 9.84 Å². The number of rotatable bonds is 5. The third kappa shape index (κ3) is 3.55. The molecule has 1 aliphatic carbocycles. The van der Waals surface area contributed by atoms with Gasteiger partial charge in [-0.25, -0.2) is 13.4 Å². The highest BCUT2D eigenvalue weighted by atomic mass is 32.2. The second kappa shape index (κ2) is 7.09. The predicted octanol–water partition coefficient (Wildman–Crippen LogP) is 2.05. The molecule has 1 amide bonds. The molecule has 1 aromatic heterocycles. The van der Waals surface area contributed by atoms with Gasteiger partial charge in [-0.1, -0.05) is 12.8 Å². The van der Waals surface area contributed by atoms with Crippen molar-refractivity contribution in [1.29, 1.82) is 0 Å². The van der Waals surface area contributed by atoms with Crippen molar-refractivity contribution in [3.8, 4) is 5.88 Å². The minimum Gasteiger partial charge on any atom is -0.477 e. The largest absolute Gasteiger partial charge is 0.477 e. The molecule has 2 heterocycles. The summed E-state index contributed by atoms with van der Waals surface area (Å²) >= 11 is 0. The van der Waals surface area contributed by atoms with E-state index in [2.05, 4.69) is 4.98 Å². The average molecular weight is 352 g/mol. The molecule has 1 saturated heterocycles. The Labute approximate surface area is 143 Å². The Morgan fingerprint density at radius 1 is 1.29 bits per heavy atom. The van der Waals surface area contributed by atoms with Crippen LogP contribution in [0.3, 0.4) is 0 Å². The van der Waals surface area contributed by atoms with Crippen LogP contribution >= 0.6 is 0 Å². The van der Waals surface area contributed by atoms with Gasteiger partial charge in [0.1, 0.15) is 5.56 Å². The summed E-state index contributed by atoms with van der Waals surface area (Å²) < 4.78 is 29.3. The van der Waals surface area contributed by atoms with E-state index in [0.29, 0.717) is 24.5 Å². The van der Waals surface area contributed by atoms with Crippen molar-refractivity contribution < 1.29 is 17.9 Å². The zero-order chi connectivity index (χ0) is 17.2. The highest BCUT2D eigenvalue weighted by Gasteiger charge is 2.40. The van der Waals surface area contributed by atoms with Gasteiger partial charge in [-0.15, -0.1) is 0 Å². The quantitative estimate of drug-likeness (QED) is 0.811. The second-order valence-corrected chi connectivity index (χ2v) is 8.73. The zero-order valence-electron chi connectivity index (χ0n) is 14.0. The van der Waals surface area contributed by atoms with Crippen molar-refractivity contribution >= 4 is 15.7 Å². The van der Waals surface area contributed by atoms with Crippen molar-refractivity contribution in [1.82, 2.24) is 9.88 Å². The highest BCUT2D eigenvalue weighted by Crippen LogP contribution is 2.31. The van der Waals surface area contributed by atoms with E-state index in [4.69, 9.17) is 4.74 Å². The Hall–Kier alpha value is -1.63. The van der Waals surface area contributed by atoms with Gasteiger partial charge in [-0.3, -0.25) is 4.79 Å². The van der Waals surface area contributed by atoms with Gasteiger partial charge in [0.2, 0.25) is 5.88 Å². The molecule has 1 aromatic rings. The molecule has 0 unspecified atom stereocenters. The zero-order valence-corrected chi connectivity index (χ0v) is 14.8. The first kappa shape index (κ1) is 17.2. The third-order valence-corrected chi connectivity index (χ3v) is 6.59. The minimum absolute atomic E-state index is 0.0689. The summed E-state index contributed by atoms with van der Waals surface area (Å²) in [5.74, 6) is 0.410. The van der Waals surface area contributed by atoms with Crippen molar-refractivity contribution in [2.45, 2.75) is 51.1 Å². The van der Waals surface area contributed by atoms with E-state index < -0.39 is 9.84 Å². The molecule has 7 heteroatoms. The molecule has 2 aliphatic rings. The fourth-order valence-corrected chi connectivity index (χ4v) is 5.46. The average Bonchev–Trinajstić information content (AvgIpc) is 3.18. The van der Waals surface area contributed by atoms with Gasteiger partial charge >= 0.3 is 0 Å². The number of carbonyl (C=O) groups is 1. The highest BCUT2D eigenvalue weighted by molar-refractivity contribution is 7.91. The normalized spacial score (nSPS) is 23.3. The number of hydrogen-bond acceptors (Lipinski definition) is 5. The lowest BCUT2D eigenvalue weighted by molar-refractivity contribution is 0.0596. The van der Waals surface area contributed by atoms with Gasteiger partial charge < -0.3 is 9.64 Å². The monoisotopic (exact) mass is 352 g/mol. The fraction of sp³-hybridized carbons (Fsp3) is 0.647. The SMILES string of the molecule is CCOc1ncccc1C(=O)N(C1CCCC1)[C@@H]1CCS(=O)(=O)C1. The number of aromatic nitrogens is 1. The van der Waals surface area contributed by atoms with Crippen LogP contribution in [0.25, 0.3) is 0 Å². The number of carbonyl (C=O) groups excluding carboxylic acids is 1. The van der Waals surface area contributed by atoms with E-state index in [1.165, 1.54) is 0 Å². The molecule has 3 rings (SSSR count). The van der Waals surface area contributed by atoms with E-state index in [0.717, 1.165) is 25.7 Å². The molecule has 0 bridgehead atoms. The maximum absolute atomic E-state index is 13.2. The topological polar surface area (TPSA) is 76.6 Å². The van der Waals surface area contributed by atoms with E-state index in [1.54, 1.807) is 18.3 Å². The summed E-state index contributed by atoms with van der Waals surface area (Å²) in [6.45, 7) is 2.28. The summed E-state index contributed by atoms with van der Waals surface area (Å²) in [7, 11) is -3.05. The van der Waals surface area contributed by atoms with Crippen molar-refractivity contribution in [3.63, 3.8) is 0 Å². The Kier molecular flexibility index (Phi) is 5.08. The molecule has 0 N–H and O–H groups in total. The Balaban J connectivity index is 1.92. The number of pyridine rings is 1. The van der Waals surface area contributed by atoms with E-state index >= 15 is 0 Å². The third-order valence-electron chi connectivity index (χ3n) is 4.84. The molecule has 1 saturated carbocycles. The molecule has 2 fully saturated rings. The van der Waals surface area contributed by atoms with Crippen LogP contribution in [-0.4, -0.2) is 54.4 Å². The summed E-state index contributed by atoms with van der Waals surface area (Å²) in [5.41, 5.74) is 0.426. The lowest BCUT2D eigenvalue weighted by Gasteiger charge is -2.34. The predicted molar refractivity (Wildman–Crippen MR) is 90.9 cm³/mol. The van der Waals surface area contributed by atoms with Crippen LogP contribution in [0.1, 0.15) is 49.4 Å². The molecule has 132 valence electrons. The summed E-state index contributed by atoms with van der Waals surface area (Å²) in [6, 6.07) is 3.31. The van der Waals surface area contributed by atoms with Crippen LogP contribution in [0.5, 0.6) is 5.88 Å². The molecule has 0 spiro atoms. The van der Waals surface area contributed by atoms with Gasteiger partial charge in [0.05, 0.1) is 18.1 Å². The van der Waals surface area contributed by atoms with Crippen LogP contribution in [0, 0.1) is 0 Å². The summed E-state index contributed by atoms with van der Waals surface area (Å²) in [4.78, 5) is 19.2. The van der Waals surface area contributed by atoms with Crippen molar-refractivity contribution in [3.05, 3.63) is 23.9 Å². The number of amides is 1. The number of nitrogens with zero attached hydrogens (tertiary/aromatic N) is 2. The molecule has 0 aromatic carbocycles. The lowest BCUT2D eigenvalue weighted by atomic mass is 10.1. The van der Waals surface area contributed by atoms with Crippen molar-refractivity contribution in [2.75, 3.05) is 18.1 Å². The molecular formula is C17H24N2O4S. The molecule has 6 nitrogen and oxygen atoms in total. The van der Waals surface area contributed by atoms with Gasteiger partial charge in [0, 0.05) is 18.3 Å². The van der Waals surface area contributed by atoms with Crippen LogP contribution in [0.2, 0.25) is 0 Å². The van der Waals surface area contributed by atoms with Gasteiger partial charge in [0.15, 0.2) is 9.84 Å². The molecule has 1 atom stereocenters. The molecule has 24 heavy (non-hydrogen) atoms. The standard InChI is InChI=1S/C17H24N2O4S/c1-2-23-16-15(8-5-10-18-16)17(20)19(13-6-3-4-7-13)14-9-11-24(21,22)12-14/h5,8,10,13-14H,2-4,6-7,9,11-12H2,1H3/t14-/m1/s1. The molecular weight excluding hydrogens is 328 g/mol. The first-order chi connectivity index (χ1) is 11.5. The maximum atomic E-state index is 13.2. The van der Waals surface area contributed by atoms with Crippen LogP contribution in [0.4, 0.5) is 0 Å². The first-order valence-electron chi connectivity index (χ1n) is 8.62. The van der Waals surface area contributed by atoms with Gasteiger partial charge in [0.25, 0.3) is 5.91 Å². The van der Waals surface area contributed by atoms with Gasteiger partial charge in [-0.05, 0) is 38.3 Å². The summed E-state index contributed by atoms with van der Waals surface area (Å²) in [5, 5.41) is 0. The maximum Gasteiger partial charge on any atom is 0.259 e. The first-order valence-corrected chi connectivity index (χ1v) is 10.4. The van der Waals surface area contributed by atoms with Crippen LogP contribution < -0.4 is 4.74 Å². The van der Waals surface area contributed by atoms with Crippen LogP contribution in [0.15, 0.2) is 18.3 Å². The molecule has 1 aliphatic heterocycles. The second-order valence-electron chi connectivity index (χ2n) is 6.50. The Bertz CT molecular complexity index is 698. The fourth-order valence-electron chi connectivity index (χ4n) is 3.75.